The van der Waals surface area contributed by atoms with Crippen LogP contribution in [0.25, 0.3) is 0 Å². The van der Waals surface area contributed by atoms with Crippen LogP contribution >= 0.6 is 0 Å². The van der Waals surface area contributed by atoms with Gasteiger partial charge in [-0.1, -0.05) is 0 Å². The molecule has 4 aliphatic rings. The number of hydrogen-bond donors (Lipinski definition) is 3. The molecular formula is C18H28N4O3. The van der Waals surface area contributed by atoms with Crippen LogP contribution in [0.1, 0.15) is 56.6 Å². The van der Waals surface area contributed by atoms with Gasteiger partial charge in [-0.05, 0) is 50.9 Å². The molecule has 0 radical (unpaired) electrons. The Morgan fingerprint density at radius 3 is 3.00 bits per heavy atom. The first-order valence-electron chi connectivity index (χ1n) is 9.60. The quantitative estimate of drug-likeness (QED) is 0.671. The van der Waals surface area contributed by atoms with E-state index >= 15 is 0 Å². The predicted octanol–water partition coefficient (Wildman–Crippen LogP) is 2.77. The maximum atomic E-state index is 11.7. The Morgan fingerprint density at radius 2 is 2.08 bits per heavy atom. The summed E-state index contributed by atoms with van der Waals surface area (Å²) >= 11 is 0. The number of alkyl carbamates (subject to hydrolysis) is 1. The number of ether oxygens (including phenoxy) is 2. The fourth-order valence-electron chi connectivity index (χ4n) is 4.14. The molecule has 6 bridgehead atoms. The zero-order valence-electron chi connectivity index (χ0n) is 14.6. The zero-order chi connectivity index (χ0) is 17.1. The van der Waals surface area contributed by atoms with E-state index in [1.165, 1.54) is 18.5 Å². The van der Waals surface area contributed by atoms with Crippen molar-refractivity contribution in [2.24, 2.45) is 5.92 Å². The van der Waals surface area contributed by atoms with Crippen LogP contribution in [0.4, 0.5) is 10.6 Å². The second-order valence-electron chi connectivity index (χ2n) is 7.62. The number of hydrogen-bond acceptors (Lipinski definition) is 5. The SMILES string of the molecule is O=C1NCCCOC2CCCC(C2)Nc2cc([nH]n2)C2CC(CO1)C2. The van der Waals surface area contributed by atoms with Gasteiger partial charge >= 0.3 is 6.09 Å². The van der Waals surface area contributed by atoms with Crippen molar-refractivity contribution in [1.82, 2.24) is 15.5 Å². The summed E-state index contributed by atoms with van der Waals surface area (Å²) in [5.41, 5.74) is 1.19. The molecule has 3 heterocycles. The van der Waals surface area contributed by atoms with Crippen LogP contribution in [0.15, 0.2) is 6.07 Å². The highest BCUT2D eigenvalue weighted by molar-refractivity contribution is 5.67. The van der Waals surface area contributed by atoms with Crippen LogP contribution < -0.4 is 10.6 Å². The van der Waals surface area contributed by atoms with E-state index in [4.69, 9.17) is 9.47 Å². The van der Waals surface area contributed by atoms with Gasteiger partial charge in [0.25, 0.3) is 0 Å². The number of H-pyrrole nitrogens is 1. The maximum absolute atomic E-state index is 11.7. The summed E-state index contributed by atoms with van der Waals surface area (Å²) in [5.74, 6) is 1.90. The summed E-state index contributed by atoms with van der Waals surface area (Å²) in [6.45, 7) is 1.78. The summed E-state index contributed by atoms with van der Waals surface area (Å²) in [4.78, 5) is 11.7. The molecule has 3 N–H and O–H groups in total. The van der Waals surface area contributed by atoms with Gasteiger partial charge in [-0.25, -0.2) is 4.79 Å². The Labute approximate surface area is 148 Å². The van der Waals surface area contributed by atoms with Crippen molar-refractivity contribution >= 4 is 11.9 Å². The van der Waals surface area contributed by atoms with Gasteiger partial charge in [0.2, 0.25) is 0 Å². The van der Waals surface area contributed by atoms with Gasteiger partial charge < -0.3 is 20.1 Å². The molecule has 0 spiro atoms. The lowest BCUT2D eigenvalue weighted by molar-refractivity contribution is 0.0241. The lowest BCUT2D eigenvalue weighted by Gasteiger charge is -2.34. The molecule has 2 fully saturated rings. The topological polar surface area (TPSA) is 88.3 Å². The number of anilines is 1. The minimum Gasteiger partial charge on any atom is -0.449 e. The van der Waals surface area contributed by atoms with Crippen molar-refractivity contribution < 1.29 is 14.3 Å². The number of amides is 1. The van der Waals surface area contributed by atoms with Crippen molar-refractivity contribution in [1.29, 1.82) is 0 Å². The monoisotopic (exact) mass is 348 g/mol. The Kier molecular flexibility index (Phi) is 5.10. The van der Waals surface area contributed by atoms with Crippen molar-refractivity contribution in [3.8, 4) is 0 Å². The van der Waals surface area contributed by atoms with E-state index in [2.05, 4.69) is 26.9 Å². The largest absolute Gasteiger partial charge is 0.449 e. The third kappa shape index (κ3) is 4.26. The molecule has 0 aromatic carbocycles. The molecule has 2 aliphatic heterocycles. The van der Waals surface area contributed by atoms with Crippen molar-refractivity contribution in [3.63, 3.8) is 0 Å². The molecule has 5 rings (SSSR count). The van der Waals surface area contributed by atoms with Gasteiger partial charge in [-0.15, -0.1) is 0 Å². The second kappa shape index (κ2) is 7.64. The lowest BCUT2D eigenvalue weighted by atomic mass is 9.74. The van der Waals surface area contributed by atoms with Gasteiger partial charge in [0, 0.05) is 36.9 Å². The molecule has 1 aromatic heterocycles. The molecule has 2 saturated carbocycles. The fourth-order valence-corrected chi connectivity index (χ4v) is 4.14. The summed E-state index contributed by atoms with van der Waals surface area (Å²) in [6.07, 6.45) is 7.38. The van der Waals surface area contributed by atoms with E-state index in [-0.39, 0.29) is 6.09 Å². The number of carbonyl (C=O) groups excluding carboxylic acids is 1. The third-order valence-electron chi connectivity index (χ3n) is 5.65. The van der Waals surface area contributed by atoms with Crippen LogP contribution in [-0.4, -0.2) is 48.2 Å². The number of rotatable bonds is 0. The van der Waals surface area contributed by atoms with E-state index in [1.54, 1.807) is 0 Å². The second-order valence-corrected chi connectivity index (χ2v) is 7.62. The minimum atomic E-state index is -0.310. The molecule has 138 valence electrons. The van der Waals surface area contributed by atoms with Gasteiger partial charge in [-0.2, -0.15) is 5.10 Å². The van der Waals surface area contributed by atoms with E-state index < -0.39 is 0 Å². The first kappa shape index (κ1) is 16.7. The van der Waals surface area contributed by atoms with Crippen molar-refractivity contribution in [2.45, 2.75) is 63.0 Å². The smallest absolute Gasteiger partial charge is 0.407 e. The Balaban J connectivity index is 1.40. The third-order valence-corrected chi connectivity index (χ3v) is 5.65. The number of nitrogens with one attached hydrogen (secondary N) is 3. The van der Waals surface area contributed by atoms with Gasteiger partial charge in [0.05, 0.1) is 12.7 Å². The number of aromatic nitrogens is 2. The van der Waals surface area contributed by atoms with Gasteiger partial charge in [0.1, 0.15) is 5.82 Å². The standard InChI is InChI=1S/C18H28N4O3/c23-18-19-5-2-6-24-15-4-1-3-14(9-15)20-17-10-16(21-22-17)13-7-12(8-13)11-25-18/h10,12-15H,1-9,11H2,(H,19,23)(H2,20,21,22). The summed E-state index contributed by atoms with van der Waals surface area (Å²) in [7, 11) is 0. The molecule has 25 heavy (non-hydrogen) atoms. The van der Waals surface area contributed by atoms with E-state index in [0.717, 1.165) is 37.9 Å². The van der Waals surface area contributed by atoms with Gasteiger partial charge in [0.15, 0.2) is 0 Å². The molecule has 2 unspecified atom stereocenters. The molecular weight excluding hydrogens is 320 g/mol. The molecule has 1 amide bonds. The normalized spacial score (nSPS) is 33.7. The van der Waals surface area contributed by atoms with Gasteiger partial charge in [-0.3, -0.25) is 5.10 Å². The molecule has 0 saturated heterocycles. The lowest BCUT2D eigenvalue weighted by Crippen LogP contribution is -2.33. The highest BCUT2D eigenvalue weighted by Crippen LogP contribution is 2.41. The molecule has 1 aromatic rings. The molecule has 7 nitrogen and oxygen atoms in total. The minimum absolute atomic E-state index is 0.294. The zero-order valence-corrected chi connectivity index (χ0v) is 14.6. The van der Waals surface area contributed by atoms with Crippen LogP contribution in [0.3, 0.4) is 0 Å². The Hall–Kier alpha value is -1.76. The first-order valence-corrected chi connectivity index (χ1v) is 9.60. The van der Waals surface area contributed by atoms with E-state index in [0.29, 0.717) is 43.7 Å². The van der Waals surface area contributed by atoms with E-state index in [1.807, 2.05) is 0 Å². The molecule has 2 atom stereocenters. The summed E-state index contributed by atoms with van der Waals surface area (Å²) in [6, 6.07) is 2.57. The Bertz CT molecular complexity index is 585. The average Bonchev–Trinajstić information content (AvgIpc) is 3.00. The number of carbonyl (C=O) groups is 1. The van der Waals surface area contributed by atoms with Crippen LogP contribution in [-0.2, 0) is 9.47 Å². The predicted molar refractivity (Wildman–Crippen MR) is 93.6 cm³/mol. The average molecular weight is 348 g/mol. The summed E-state index contributed by atoms with van der Waals surface area (Å²) in [5, 5.41) is 14.0. The van der Waals surface area contributed by atoms with Crippen LogP contribution in [0.5, 0.6) is 0 Å². The van der Waals surface area contributed by atoms with Crippen LogP contribution in [0.2, 0.25) is 0 Å². The molecule has 2 aliphatic carbocycles. The van der Waals surface area contributed by atoms with E-state index in [9.17, 15) is 4.79 Å². The highest BCUT2D eigenvalue weighted by atomic mass is 16.5. The number of fused-ring (bicyclic) bond motifs is 7. The van der Waals surface area contributed by atoms with Crippen molar-refractivity contribution in [2.75, 3.05) is 25.1 Å². The summed E-state index contributed by atoms with van der Waals surface area (Å²) < 4.78 is 11.3. The first-order chi connectivity index (χ1) is 12.3. The number of aromatic amines is 1. The number of nitrogens with zero attached hydrogens (tertiary/aromatic N) is 1. The Morgan fingerprint density at radius 1 is 1.16 bits per heavy atom. The fraction of sp³-hybridized carbons (Fsp3) is 0.778. The maximum Gasteiger partial charge on any atom is 0.407 e. The highest BCUT2D eigenvalue weighted by Gasteiger charge is 2.33. The van der Waals surface area contributed by atoms with Crippen molar-refractivity contribution in [3.05, 3.63) is 11.8 Å². The molecule has 7 heteroatoms. The van der Waals surface area contributed by atoms with Crippen LogP contribution in [0, 0.1) is 5.92 Å².